The van der Waals surface area contributed by atoms with Gasteiger partial charge in [-0.05, 0) is 63.6 Å². The number of amides is 1. The Labute approximate surface area is 170 Å². The zero-order valence-electron chi connectivity index (χ0n) is 17.0. The fraction of sp³-hybridized carbons (Fsp3) is 0.375. The Kier molecular flexibility index (Phi) is 4.91. The van der Waals surface area contributed by atoms with Gasteiger partial charge in [-0.15, -0.1) is 0 Å². The molecule has 0 radical (unpaired) electrons. The Hall–Kier alpha value is -2.37. The molecule has 152 valence electrons. The molecule has 1 saturated heterocycles. The topological polar surface area (TPSA) is 29.1 Å². The summed E-state index contributed by atoms with van der Waals surface area (Å²) in [7, 11) is 0. The number of rotatable bonds is 3. The van der Waals surface area contributed by atoms with E-state index in [1.807, 2.05) is 13.0 Å². The fourth-order valence-corrected chi connectivity index (χ4v) is 5.55. The Morgan fingerprint density at radius 1 is 1.14 bits per heavy atom. The molecule has 1 amide bonds. The summed E-state index contributed by atoms with van der Waals surface area (Å²) in [5, 5.41) is 3.41. The van der Waals surface area contributed by atoms with Gasteiger partial charge in [0.25, 0.3) is 0 Å². The Bertz CT molecular complexity index is 974. The van der Waals surface area contributed by atoms with Crippen LogP contribution in [-0.4, -0.2) is 32.1 Å². The summed E-state index contributed by atoms with van der Waals surface area (Å²) in [6.07, 6.45) is 3.49. The maximum Gasteiger partial charge on any atom is 0.357 e. The first-order chi connectivity index (χ1) is 13.9. The summed E-state index contributed by atoms with van der Waals surface area (Å²) in [5.74, 6) is -2.14. The normalized spacial score (nSPS) is 22.5. The lowest BCUT2D eigenvalue weighted by Gasteiger charge is -2.37. The monoisotopic (exact) mass is 397 g/mol. The Balaban J connectivity index is 2.01. The molecule has 0 saturated carbocycles. The summed E-state index contributed by atoms with van der Waals surface area (Å²) >= 11 is 0. The van der Waals surface area contributed by atoms with Crippen LogP contribution in [0.4, 0.5) is 14.5 Å². The number of hydrogen-bond donors (Lipinski definition) is 1. The van der Waals surface area contributed by atoms with E-state index in [4.69, 9.17) is 0 Å². The Morgan fingerprint density at radius 2 is 1.76 bits per heavy atom. The third-order valence-corrected chi connectivity index (χ3v) is 6.69. The van der Waals surface area contributed by atoms with Crippen molar-refractivity contribution in [3.05, 3.63) is 76.9 Å². The van der Waals surface area contributed by atoms with Crippen molar-refractivity contribution < 1.29 is 13.6 Å². The van der Waals surface area contributed by atoms with E-state index >= 15 is 0 Å². The van der Waals surface area contributed by atoms with Gasteiger partial charge in [0.2, 0.25) is 0 Å². The molecule has 1 N–H and O–H groups in total. The summed E-state index contributed by atoms with van der Waals surface area (Å²) in [6.45, 7) is 10.5. The summed E-state index contributed by atoms with van der Waals surface area (Å²) in [6, 6.07) is 7.71. The van der Waals surface area contributed by atoms with Crippen LogP contribution in [0.25, 0.3) is 0 Å². The van der Waals surface area contributed by atoms with Crippen molar-refractivity contribution in [2.45, 2.75) is 32.1 Å². The molecule has 29 heavy (non-hydrogen) atoms. The van der Waals surface area contributed by atoms with Crippen LogP contribution in [0.3, 0.4) is 0 Å². The first-order valence-electron chi connectivity index (χ1n) is 10.2. The van der Waals surface area contributed by atoms with Crippen molar-refractivity contribution in [1.29, 1.82) is 0 Å². The number of quaternary nitrogens is 1. The predicted molar refractivity (Wildman–Crippen MR) is 112 cm³/mol. The lowest BCUT2D eigenvalue weighted by atomic mass is 9.73. The van der Waals surface area contributed by atoms with Gasteiger partial charge >= 0.3 is 5.91 Å². The number of aryl methyl sites for hydroxylation is 2. The molecule has 2 aliphatic rings. The van der Waals surface area contributed by atoms with Gasteiger partial charge in [-0.2, -0.15) is 0 Å². The summed E-state index contributed by atoms with van der Waals surface area (Å²) in [4.78, 5) is 13.9. The van der Waals surface area contributed by atoms with Crippen molar-refractivity contribution in [2.75, 3.05) is 26.2 Å². The number of carbonyl (C=O) groups excluding carboxylic acids is 1. The van der Waals surface area contributed by atoms with E-state index in [2.05, 4.69) is 24.9 Å². The number of halogens is 2. The maximum atomic E-state index is 14.6. The molecule has 0 bridgehead atoms. The van der Waals surface area contributed by atoms with Crippen LogP contribution in [0.1, 0.15) is 39.9 Å². The number of nitrogens with one attached hydrogen (secondary N) is 1. The predicted octanol–water partition coefficient (Wildman–Crippen LogP) is 4.55. The highest BCUT2D eigenvalue weighted by atomic mass is 19.1. The molecule has 1 unspecified atom stereocenters. The van der Waals surface area contributed by atoms with Gasteiger partial charge in [0.1, 0.15) is 30.4 Å². The second-order valence-corrected chi connectivity index (χ2v) is 8.45. The zero-order chi connectivity index (χ0) is 20.8. The highest BCUT2D eigenvalue weighted by Gasteiger charge is 2.59. The molecule has 3 nitrogen and oxygen atoms in total. The van der Waals surface area contributed by atoms with Gasteiger partial charge in [0.15, 0.2) is 5.56 Å². The molecule has 0 aliphatic carbocycles. The molecule has 2 heterocycles. The molecular formula is C24H27F2N2O+. The number of fused-ring (bicyclic) bond motifs is 2. The van der Waals surface area contributed by atoms with E-state index < -0.39 is 23.1 Å². The highest BCUT2D eigenvalue weighted by Crippen LogP contribution is 2.53. The average Bonchev–Trinajstić information content (AvgIpc) is 2.97. The summed E-state index contributed by atoms with van der Waals surface area (Å²) in [5.41, 5.74) is 3.57. The quantitative estimate of drug-likeness (QED) is 0.608. The van der Waals surface area contributed by atoms with Gasteiger partial charge in [-0.25, -0.2) is 18.1 Å². The number of benzene rings is 2. The van der Waals surface area contributed by atoms with E-state index in [9.17, 15) is 13.6 Å². The van der Waals surface area contributed by atoms with Crippen LogP contribution < -0.4 is 9.80 Å². The minimum absolute atomic E-state index is 0.107. The van der Waals surface area contributed by atoms with Crippen LogP contribution in [0.15, 0.2) is 43.0 Å². The van der Waals surface area contributed by atoms with Crippen molar-refractivity contribution in [3.63, 3.8) is 0 Å². The van der Waals surface area contributed by atoms with Crippen LogP contribution in [0.5, 0.6) is 0 Å². The van der Waals surface area contributed by atoms with E-state index in [-0.39, 0.29) is 9.90 Å². The maximum absolute atomic E-state index is 14.6. The smallest absolute Gasteiger partial charge is 0.317 e. The molecule has 4 rings (SSSR count). The minimum Gasteiger partial charge on any atom is -0.317 e. The van der Waals surface area contributed by atoms with Crippen LogP contribution >= 0.6 is 0 Å². The number of piperidine rings is 1. The molecular weight excluding hydrogens is 370 g/mol. The first-order valence-corrected chi connectivity index (χ1v) is 10.2. The highest BCUT2D eigenvalue weighted by molar-refractivity contribution is 6.05. The Morgan fingerprint density at radius 3 is 2.38 bits per heavy atom. The van der Waals surface area contributed by atoms with E-state index in [0.29, 0.717) is 13.1 Å². The second kappa shape index (κ2) is 7.15. The van der Waals surface area contributed by atoms with Gasteiger partial charge in [0, 0.05) is 11.1 Å². The van der Waals surface area contributed by atoms with Crippen molar-refractivity contribution in [1.82, 2.24) is 9.80 Å². The molecule has 2 aromatic rings. The zero-order valence-corrected chi connectivity index (χ0v) is 17.0. The minimum atomic E-state index is -0.810. The number of hydrogen-bond acceptors (Lipinski definition) is 2. The van der Waals surface area contributed by atoms with Crippen LogP contribution in [0.2, 0.25) is 0 Å². The average molecular weight is 397 g/mol. The van der Waals surface area contributed by atoms with Crippen molar-refractivity contribution in [2.24, 2.45) is 0 Å². The number of nitrogens with zero attached hydrogens (tertiary/aromatic N) is 1. The lowest BCUT2D eigenvalue weighted by Crippen LogP contribution is -2.57. The molecule has 1 atom stereocenters. The van der Waals surface area contributed by atoms with Crippen molar-refractivity contribution in [3.8, 4) is 0 Å². The van der Waals surface area contributed by atoms with Crippen LogP contribution in [0, 0.1) is 25.5 Å². The third kappa shape index (κ3) is 2.87. The molecule has 2 aromatic carbocycles. The molecule has 1 spiro atoms. The molecule has 5 heteroatoms. The fourth-order valence-electron chi connectivity index (χ4n) is 5.55. The van der Waals surface area contributed by atoms with Gasteiger partial charge < -0.3 is 5.32 Å². The SMILES string of the molecule is C=CC[N+]1(C(=O)c2c(F)cccc2F)CC2(CCNCC2)c2c(C)ccc(C)c21. The number of carbonyl (C=O) groups is 1. The third-order valence-electron chi connectivity index (χ3n) is 6.69. The lowest BCUT2D eigenvalue weighted by molar-refractivity contribution is 0.0749. The van der Waals surface area contributed by atoms with Gasteiger partial charge in [-0.3, -0.25) is 0 Å². The van der Waals surface area contributed by atoms with E-state index in [1.165, 1.54) is 11.6 Å². The van der Waals surface area contributed by atoms with Crippen molar-refractivity contribution >= 4 is 11.6 Å². The molecule has 1 fully saturated rings. The molecule has 0 aromatic heterocycles. The van der Waals surface area contributed by atoms with Gasteiger partial charge in [-0.1, -0.05) is 24.8 Å². The van der Waals surface area contributed by atoms with Crippen LogP contribution in [-0.2, 0) is 5.41 Å². The van der Waals surface area contributed by atoms with Gasteiger partial charge in [0.05, 0.1) is 5.41 Å². The standard InChI is InChI=1S/C24H27F2N2O/c1-4-14-28(23(29)20-18(25)6-5-7-19(20)26)15-24(10-12-27-13-11-24)21-16(2)8-9-17(3)22(21)28/h4-9,27H,1,10-15H2,2-3H3/q+1. The second-order valence-electron chi connectivity index (χ2n) is 8.45. The largest absolute Gasteiger partial charge is 0.357 e. The molecule has 2 aliphatic heterocycles. The van der Waals surface area contributed by atoms with E-state index in [0.717, 1.165) is 54.9 Å². The van der Waals surface area contributed by atoms with E-state index in [1.54, 1.807) is 6.08 Å². The first kappa shape index (κ1) is 19.9. The summed E-state index contributed by atoms with van der Waals surface area (Å²) < 4.78 is 29.2.